The lowest BCUT2D eigenvalue weighted by Crippen LogP contribution is -2.43. The van der Waals surface area contributed by atoms with Crippen LogP contribution >= 0.6 is 0 Å². The number of ether oxygens (including phenoxy) is 1. The molecule has 1 saturated carbocycles. The fraction of sp³-hybridized carbons (Fsp3) is 0.733. The smallest absolute Gasteiger partial charge is 0.255 e. The van der Waals surface area contributed by atoms with Crippen molar-refractivity contribution < 1.29 is 14.6 Å². The summed E-state index contributed by atoms with van der Waals surface area (Å²) < 4.78 is 7.53. The number of aliphatic hydroxyl groups excluding tert-OH is 1. The highest BCUT2D eigenvalue weighted by Gasteiger charge is 2.35. The van der Waals surface area contributed by atoms with E-state index in [1.807, 2.05) is 20.9 Å². The Balaban J connectivity index is 2.02. The Labute approximate surface area is 125 Å². The summed E-state index contributed by atoms with van der Waals surface area (Å²) in [5, 5.41) is 16.2. The van der Waals surface area contributed by atoms with Gasteiger partial charge in [-0.3, -0.25) is 9.48 Å². The topological polar surface area (TPSA) is 76.4 Å². The number of carbonyl (C=O) groups is 1. The molecule has 0 atom stereocenters. The van der Waals surface area contributed by atoms with Gasteiger partial charge in [0, 0.05) is 19.3 Å². The van der Waals surface area contributed by atoms with Crippen molar-refractivity contribution in [1.82, 2.24) is 15.1 Å². The van der Waals surface area contributed by atoms with Gasteiger partial charge < -0.3 is 15.2 Å². The zero-order chi connectivity index (χ0) is 15.5. The number of amides is 1. The average molecular weight is 295 g/mol. The Morgan fingerprint density at radius 1 is 1.43 bits per heavy atom. The summed E-state index contributed by atoms with van der Waals surface area (Å²) in [4.78, 5) is 12.4. The van der Waals surface area contributed by atoms with Crippen LogP contribution < -0.4 is 5.32 Å². The SMILES string of the molecule is Cc1nn(C)c(C)c1C(=O)NCC1(OCCO)CCCC1. The van der Waals surface area contributed by atoms with Crippen molar-refractivity contribution in [2.45, 2.75) is 45.1 Å². The molecule has 2 rings (SSSR count). The largest absolute Gasteiger partial charge is 0.394 e. The first-order chi connectivity index (χ1) is 9.99. The highest BCUT2D eigenvalue weighted by molar-refractivity contribution is 5.96. The van der Waals surface area contributed by atoms with Crippen molar-refractivity contribution in [2.24, 2.45) is 7.05 Å². The maximum atomic E-state index is 12.4. The van der Waals surface area contributed by atoms with E-state index < -0.39 is 0 Å². The number of carbonyl (C=O) groups excluding carboxylic acids is 1. The predicted octanol–water partition coefficient (Wildman–Crippen LogP) is 1.09. The number of rotatable bonds is 6. The molecular formula is C15H25N3O3. The molecule has 1 aromatic heterocycles. The first-order valence-electron chi connectivity index (χ1n) is 7.52. The van der Waals surface area contributed by atoms with Crippen LogP contribution in [-0.4, -0.2) is 46.2 Å². The Kier molecular flexibility index (Phi) is 5.00. The molecular weight excluding hydrogens is 270 g/mol. The van der Waals surface area contributed by atoms with Crippen molar-refractivity contribution in [3.05, 3.63) is 17.0 Å². The van der Waals surface area contributed by atoms with E-state index in [0.29, 0.717) is 18.7 Å². The van der Waals surface area contributed by atoms with E-state index in [0.717, 1.165) is 37.1 Å². The maximum absolute atomic E-state index is 12.4. The molecule has 0 aromatic carbocycles. The van der Waals surface area contributed by atoms with Crippen LogP contribution in [0.5, 0.6) is 0 Å². The van der Waals surface area contributed by atoms with Gasteiger partial charge in [-0.1, -0.05) is 12.8 Å². The number of nitrogens with one attached hydrogen (secondary N) is 1. The Morgan fingerprint density at radius 2 is 2.10 bits per heavy atom. The molecule has 1 aliphatic rings. The fourth-order valence-electron chi connectivity index (χ4n) is 3.09. The van der Waals surface area contributed by atoms with Crippen LogP contribution in [0.25, 0.3) is 0 Å². The van der Waals surface area contributed by atoms with Crippen molar-refractivity contribution >= 4 is 5.91 Å². The highest BCUT2D eigenvalue weighted by atomic mass is 16.5. The second kappa shape index (κ2) is 6.58. The summed E-state index contributed by atoms with van der Waals surface area (Å²) in [5.41, 5.74) is 1.93. The second-order valence-electron chi connectivity index (χ2n) is 5.81. The summed E-state index contributed by atoms with van der Waals surface area (Å²) in [6, 6.07) is 0. The summed E-state index contributed by atoms with van der Waals surface area (Å²) in [6.07, 6.45) is 4.06. The lowest BCUT2D eigenvalue weighted by atomic mass is 10.0. The van der Waals surface area contributed by atoms with E-state index in [1.165, 1.54) is 0 Å². The number of hydrogen-bond acceptors (Lipinski definition) is 4. The van der Waals surface area contributed by atoms with Gasteiger partial charge in [-0.15, -0.1) is 0 Å². The number of hydrogen-bond donors (Lipinski definition) is 2. The normalized spacial score (nSPS) is 17.1. The number of nitrogens with zero attached hydrogens (tertiary/aromatic N) is 2. The van der Waals surface area contributed by atoms with E-state index in [1.54, 1.807) is 4.68 Å². The monoisotopic (exact) mass is 295 g/mol. The standard InChI is InChI=1S/C15H25N3O3/c1-11-13(12(2)18(3)17-11)14(20)16-10-15(21-9-8-19)6-4-5-7-15/h19H,4-10H2,1-3H3,(H,16,20). The van der Waals surface area contributed by atoms with Crippen LogP contribution in [0.3, 0.4) is 0 Å². The molecule has 6 nitrogen and oxygen atoms in total. The number of aliphatic hydroxyl groups is 1. The molecule has 0 unspecified atom stereocenters. The summed E-state index contributed by atoms with van der Waals surface area (Å²) in [5.74, 6) is -0.100. The number of aryl methyl sites for hydroxylation is 2. The van der Waals surface area contributed by atoms with Crippen LogP contribution in [-0.2, 0) is 11.8 Å². The van der Waals surface area contributed by atoms with Gasteiger partial charge in [0.1, 0.15) is 0 Å². The molecule has 0 aliphatic heterocycles. The van der Waals surface area contributed by atoms with Gasteiger partial charge in [0.05, 0.1) is 30.1 Å². The maximum Gasteiger partial charge on any atom is 0.255 e. The lowest BCUT2D eigenvalue weighted by molar-refractivity contribution is -0.0511. The molecule has 0 bridgehead atoms. The van der Waals surface area contributed by atoms with Gasteiger partial charge in [0.15, 0.2) is 0 Å². The highest BCUT2D eigenvalue weighted by Crippen LogP contribution is 2.32. The van der Waals surface area contributed by atoms with Gasteiger partial charge in [-0.2, -0.15) is 5.10 Å². The van der Waals surface area contributed by atoms with Crippen molar-refractivity contribution in [1.29, 1.82) is 0 Å². The minimum atomic E-state index is -0.317. The molecule has 6 heteroatoms. The van der Waals surface area contributed by atoms with E-state index in [-0.39, 0.29) is 18.1 Å². The summed E-state index contributed by atoms with van der Waals surface area (Å²) in [7, 11) is 1.84. The van der Waals surface area contributed by atoms with E-state index in [9.17, 15) is 4.79 Å². The molecule has 1 amide bonds. The third-order valence-electron chi connectivity index (χ3n) is 4.32. The van der Waals surface area contributed by atoms with Gasteiger partial charge in [-0.05, 0) is 26.7 Å². The van der Waals surface area contributed by atoms with Crippen LogP contribution in [0.15, 0.2) is 0 Å². The van der Waals surface area contributed by atoms with E-state index in [4.69, 9.17) is 9.84 Å². The molecule has 1 fully saturated rings. The molecule has 1 aliphatic carbocycles. The van der Waals surface area contributed by atoms with Gasteiger partial charge >= 0.3 is 0 Å². The minimum absolute atomic E-state index is 0.0104. The molecule has 0 spiro atoms. The lowest BCUT2D eigenvalue weighted by Gasteiger charge is -2.29. The second-order valence-corrected chi connectivity index (χ2v) is 5.81. The molecule has 0 radical (unpaired) electrons. The molecule has 1 heterocycles. The zero-order valence-corrected chi connectivity index (χ0v) is 13.1. The molecule has 21 heavy (non-hydrogen) atoms. The van der Waals surface area contributed by atoms with Crippen molar-refractivity contribution in [2.75, 3.05) is 19.8 Å². The van der Waals surface area contributed by atoms with Gasteiger partial charge in [0.25, 0.3) is 5.91 Å². The van der Waals surface area contributed by atoms with E-state index >= 15 is 0 Å². The van der Waals surface area contributed by atoms with Gasteiger partial charge in [0.2, 0.25) is 0 Å². The third-order valence-corrected chi connectivity index (χ3v) is 4.32. The van der Waals surface area contributed by atoms with E-state index in [2.05, 4.69) is 10.4 Å². The molecule has 1 aromatic rings. The average Bonchev–Trinajstić information content (AvgIpc) is 3.01. The summed E-state index contributed by atoms with van der Waals surface area (Å²) >= 11 is 0. The first-order valence-corrected chi connectivity index (χ1v) is 7.52. The van der Waals surface area contributed by atoms with Crippen LogP contribution in [0.1, 0.15) is 47.4 Å². The first kappa shape index (κ1) is 16.0. The van der Waals surface area contributed by atoms with Crippen LogP contribution in [0, 0.1) is 13.8 Å². The Hall–Kier alpha value is -1.40. The van der Waals surface area contributed by atoms with Crippen molar-refractivity contribution in [3.63, 3.8) is 0 Å². The molecule has 2 N–H and O–H groups in total. The predicted molar refractivity (Wildman–Crippen MR) is 79.3 cm³/mol. The van der Waals surface area contributed by atoms with Gasteiger partial charge in [-0.25, -0.2) is 0 Å². The quantitative estimate of drug-likeness (QED) is 0.823. The Bertz CT molecular complexity index is 505. The van der Waals surface area contributed by atoms with Crippen molar-refractivity contribution in [3.8, 4) is 0 Å². The number of aromatic nitrogens is 2. The van der Waals surface area contributed by atoms with Crippen LogP contribution in [0.2, 0.25) is 0 Å². The fourth-order valence-corrected chi connectivity index (χ4v) is 3.09. The summed E-state index contributed by atoms with van der Waals surface area (Å²) in [6.45, 7) is 4.55. The zero-order valence-electron chi connectivity index (χ0n) is 13.1. The minimum Gasteiger partial charge on any atom is -0.394 e. The molecule has 0 saturated heterocycles. The Morgan fingerprint density at radius 3 is 2.62 bits per heavy atom. The van der Waals surface area contributed by atoms with Crippen LogP contribution in [0.4, 0.5) is 0 Å². The third kappa shape index (κ3) is 3.44. The molecule has 118 valence electrons.